The van der Waals surface area contributed by atoms with Gasteiger partial charge in [0.15, 0.2) is 0 Å². The summed E-state index contributed by atoms with van der Waals surface area (Å²) in [6.45, 7) is 0. The van der Waals surface area contributed by atoms with Gasteiger partial charge in [0.25, 0.3) is 0 Å². The van der Waals surface area contributed by atoms with Crippen molar-refractivity contribution < 1.29 is 16.8 Å². The zero-order valence-electron chi connectivity index (χ0n) is 13.1. The van der Waals surface area contributed by atoms with Crippen molar-refractivity contribution in [1.29, 1.82) is 0 Å². The van der Waals surface area contributed by atoms with Crippen LogP contribution in [-0.4, -0.2) is 0 Å². The van der Waals surface area contributed by atoms with Crippen LogP contribution in [0.15, 0.2) is 0 Å². The van der Waals surface area contributed by atoms with Crippen LogP contribution in [0.1, 0.15) is 96.3 Å². The van der Waals surface area contributed by atoms with Gasteiger partial charge >= 0.3 is 126 Å². The summed E-state index contributed by atoms with van der Waals surface area (Å²) in [5, 5.41) is 0. The molecule has 3 aliphatic carbocycles. The minimum Gasteiger partial charge on any atom is -0.147 e. The monoisotopic (exact) mass is 391 g/mol. The molecule has 0 aromatic carbocycles. The minimum atomic E-state index is -0.219. The number of rotatable bonds is 3. The van der Waals surface area contributed by atoms with Crippen molar-refractivity contribution in [3.8, 4) is 0 Å². The zero-order valence-corrected chi connectivity index (χ0v) is 15.4. The van der Waals surface area contributed by atoms with Gasteiger partial charge in [0.2, 0.25) is 0 Å². The Hall–Kier alpha value is 0.952. The van der Waals surface area contributed by atoms with Gasteiger partial charge in [-0.25, -0.2) is 0 Å². The molecule has 0 amide bonds. The number of halogens is 1. The molecule has 0 heterocycles. The average Bonchev–Trinajstić information content (AvgIpc) is 2.51. The molecule has 0 radical (unpaired) electrons. The van der Waals surface area contributed by atoms with E-state index in [0.717, 1.165) is 0 Å². The fourth-order valence-corrected chi connectivity index (χ4v) is 12.5. The molecule has 0 spiro atoms. The molecule has 0 N–H and O–H groups in total. The largest absolute Gasteiger partial charge is 0.147 e. The van der Waals surface area contributed by atoms with Gasteiger partial charge < -0.3 is 0 Å². The molecule has 3 fully saturated rings. The van der Waals surface area contributed by atoms with Crippen molar-refractivity contribution in [2.75, 3.05) is 0 Å². The Balaban J connectivity index is 0.00000147. The molecule has 0 saturated heterocycles. The second-order valence-electron chi connectivity index (χ2n) is 6.87. The van der Waals surface area contributed by atoms with Crippen LogP contribution in [-0.2, 0) is 16.8 Å². The first-order valence-corrected chi connectivity index (χ1v) is 11.7. The maximum Gasteiger partial charge on any atom is -0.147 e. The third-order valence-corrected chi connectivity index (χ3v) is 12.5. The molecule has 20 heavy (non-hydrogen) atoms. The van der Waals surface area contributed by atoms with Crippen molar-refractivity contribution in [2.24, 2.45) is 0 Å². The SMILES string of the molecule is C1CC[CH]([Pd]([CH]2CCCCC2)[CH]2CCCCC2)CC1.Cl. The summed E-state index contributed by atoms with van der Waals surface area (Å²) in [5.74, 6) is 0. The molecule has 0 atom stereocenters. The summed E-state index contributed by atoms with van der Waals surface area (Å²) in [7, 11) is 0. The van der Waals surface area contributed by atoms with Crippen molar-refractivity contribution in [2.45, 2.75) is 109 Å². The van der Waals surface area contributed by atoms with Crippen LogP contribution in [0, 0.1) is 0 Å². The number of hydrogen-bond donors (Lipinski definition) is 0. The first-order chi connectivity index (χ1) is 9.45. The third-order valence-electron chi connectivity index (χ3n) is 5.39. The Labute approximate surface area is 138 Å². The van der Waals surface area contributed by atoms with Crippen LogP contribution in [0.4, 0.5) is 0 Å². The van der Waals surface area contributed by atoms with E-state index in [4.69, 9.17) is 0 Å². The van der Waals surface area contributed by atoms with E-state index in [1.165, 1.54) is 13.2 Å². The molecule has 3 rings (SSSR count). The summed E-state index contributed by atoms with van der Waals surface area (Å²) in [6.07, 6.45) is 23.9. The Morgan fingerprint density at radius 2 is 0.650 bits per heavy atom. The van der Waals surface area contributed by atoms with Crippen molar-refractivity contribution >= 4 is 12.4 Å². The average molecular weight is 392 g/mol. The fourth-order valence-electron chi connectivity index (χ4n) is 4.35. The second kappa shape index (κ2) is 9.17. The topological polar surface area (TPSA) is 0 Å². The fraction of sp³-hybridized carbons (Fsp3) is 1.00. The minimum absolute atomic E-state index is 0. The summed E-state index contributed by atoms with van der Waals surface area (Å²) in [4.78, 5) is 0. The van der Waals surface area contributed by atoms with Gasteiger partial charge in [-0.15, -0.1) is 12.4 Å². The standard InChI is InChI=1S/3C6H11.ClH.Pd/c3*1-2-4-6-5-3-1;;/h3*1H,2-6H2;1H;. The van der Waals surface area contributed by atoms with Gasteiger partial charge in [0.1, 0.15) is 0 Å². The van der Waals surface area contributed by atoms with Gasteiger partial charge in [-0.3, -0.25) is 0 Å². The Morgan fingerprint density at radius 3 is 0.900 bits per heavy atom. The normalized spacial score (nSPS) is 27.9. The molecular weight excluding hydrogens is 358 g/mol. The molecule has 0 unspecified atom stereocenters. The van der Waals surface area contributed by atoms with E-state index in [-0.39, 0.29) is 29.2 Å². The smallest absolute Gasteiger partial charge is 0.147 e. The molecule has 0 aromatic heterocycles. The van der Waals surface area contributed by atoms with Crippen LogP contribution < -0.4 is 0 Å². The molecule has 0 aromatic rings. The first-order valence-electron chi connectivity index (χ1n) is 9.00. The van der Waals surface area contributed by atoms with Gasteiger partial charge in [-0.2, -0.15) is 0 Å². The second-order valence-corrected chi connectivity index (χ2v) is 12.2. The van der Waals surface area contributed by atoms with E-state index in [1.54, 1.807) is 96.3 Å². The van der Waals surface area contributed by atoms with Gasteiger partial charge in [-0.1, -0.05) is 0 Å². The van der Waals surface area contributed by atoms with Crippen molar-refractivity contribution in [3.05, 3.63) is 0 Å². The first kappa shape index (κ1) is 17.3. The van der Waals surface area contributed by atoms with E-state index in [2.05, 4.69) is 0 Å². The van der Waals surface area contributed by atoms with Crippen molar-refractivity contribution in [1.82, 2.24) is 0 Å². The van der Waals surface area contributed by atoms with Crippen LogP contribution >= 0.6 is 12.4 Å². The van der Waals surface area contributed by atoms with E-state index in [9.17, 15) is 0 Å². The molecule has 0 nitrogen and oxygen atoms in total. The predicted octanol–water partition coefficient (Wildman–Crippen LogP) is 7.28. The maximum atomic E-state index is 1.63. The molecule has 3 saturated carbocycles. The molecule has 3 aliphatic rings. The molecule has 0 bridgehead atoms. The van der Waals surface area contributed by atoms with Gasteiger partial charge in [-0.05, 0) is 0 Å². The zero-order chi connectivity index (χ0) is 12.9. The van der Waals surface area contributed by atoms with E-state index < -0.39 is 0 Å². The summed E-state index contributed by atoms with van der Waals surface area (Å²) in [5.41, 5.74) is 0. The molecular formula is C18H34ClPd. The maximum absolute atomic E-state index is 1.63. The van der Waals surface area contributed by atoms with E-state index in [1.807, 2.05) is 0 Å². The Bertz CT molecular complexity index is 207. The van der Waals surface area contributed by atoms with E-state index in [0.29, 0.717) is 0 Å². The number of hydrogen-bond acceptors (Lipinski definition) is 0. The summed E-state index contributed by atoms with van der Waals surface area (Å²) >= 11 is -0.219. The van der Waals surface area contributed by atoms with E-state index >= 15 is 0 Å². The van der Waals surface area contributed by atoms with Gasteiger partial charge in [0.05, 0.1) is 0 Å². The molecule has 123 valence electrons. The van der Waals surface area contributed by atoms with Crippen LogP contribution in [0.25, 0.3) is 0 Å². The molecule has 0 aliphatic heterocycles. The Morgan fingerprint density at radius 1 is 0.400 bits per heavy atom. The predicted molar refractivity (Wildman–Crippen MR) is 87.8 cm³/mol. The molecule has 2 heteroatoms. The van der Waals surface area contributed by atoms with Crippen molar-refractivity contribution in [3.63, 3.8) is 0 Å². The third kappa shape index (κ3) is 4.47. The quantitative estimate of drug-likeness (QED) is 0.443. The summed E-state index contributed by atoms with van der Waals surface area (Å²) < 4.78 is 3.72. The van der Waals surface area contributed by atoms with Crippen LogP contribution in [0.3, 0.4) is 0 Å². The summed E-state index contributed by atoms with van der Waals surface area (Å²) in [6, 6.07) is 0. The Kier molecular flexibility index (Phi) is 7.94. The van der Waals surface area contributed by atoms with Crippen LogP contribution in [0.5, 0.6) is 0 Å². The van der Waals surface area contributed by atoms with Crippen LogP contribution in [0.2, 0.25) is 13.2 Å². The van der Waals surface area contributed by atoms with Gasteiger partial charge in [0, 0.05) is 0 Å².